The highest BCUT2D eigenvalue weighted by Crippen LogP contribution is 2.36. The molecule has 126 valence electrons. The molecule has 0 saturated carbocycles. The van der Waals surface area contributed by atoms with Gasteiger partial charge in [-0.1, -0.05) is 39.3 Å². The summed E-state index contributed by atoms with van der Waals surface area (Å²) >= 11 is 0. The van der Waals surface area contributed by atoms with E-state index < -0.39 is 8.32 Å². The van der Waals surface area contributed by atoms with Crippen LogP contribution in [0.2, 0.25) is 18.1 Å². The number of cyclic esters (lactones) is 1. The molecule has 1 aliphatic rings. The van der Waals surface area contributed by atoms with E-state index in [-0.39, 0.29) is 23.0 Å². The molecule has 0 aliphatic carbocycles. The summed E-state index contributed by atoms with van der Waals surface area (Å²) in [6, 6.07) is 0. The SMILES string of the molecule is CC1=C[C@H](C)[C@@H](/C=C(\C)CCO[Si](C)(C)C(C)(C)C)OC1=O. The smallest absolute Gasteiger partial charge is 0.334 e. The van der Waals surface area contributed by atoms with E-state index in [1.807, 2.05) is 6.08 Å². The van der Waals surface area contributed by atoms with Crippen LogP contribution in [0.4, 0.5) is 0 Å². The standard InChI is InChI=1S/C18H32O3Si/c1-13(9-10-20-22(7,8)18(4,5)6)11-16-14(2)12-15(3)17(19)21-16/h11-12,14,16H,9-10H2,1-8H3/b13-11+/t14-,16+/m0/s1. The highest BCUT2D eigenvalue weighted by molar-refractivity contribution is 6.74. The van der Waals surface area contributed by atoms with Gasteiger partial charge in [-0.15, -0.1) is 0 Å². The van der Waals surface area contributed by atoms with Gasteiger partial charge in [-0.2, -0.15) is 0 Å². The number of hydrogen-bond donors (Lipinski definition) is 0. The van der Waals surface area contributed by atoms with Gasteiger partial charge in [0.15, 0.2) is 8.32 Å². The van der Waals surface area contributed by atoms with Crippen molar-refractivity contribution < 1.29 is 14.0 Å². The molecule has 22 heavy (non-hydrogen) atoms. The fourth-order valence-electron chi connectivity index (χ4n) is 2.11. The third kappa shape index (κ3) is 5.09. The quantitative estimate of drug-likeness (QED) is 0.412. The predicted molar refractivity (Wildman–Crippen MR) is 94.3 cm³/mol. The number of hydrogen-bond acceptors (Lipinski definition) is 3. The zero-order chi connectivity index (χ0) is 17.1. The highest BCUT2D eigenvalue weighted by Gasteiger charge is 2.36. The monoisotopic (exact) mass is 324 g/mol. The predicted octanol–water partition coefficient (Wildman–Crippen LogP) is 4.85. The van der Waals surface area contributed by atoms with Gasteiger partial charge in [-0.3, -0.25) is 0 Å². The van der Waals surface area contributed by atoms with E-state index in [0.717, 1.165) is 13.0 Å². The molecule has 0 saturated heterocycles. The van der Waals surface area contributed by atoms with Crippen molar-refractivity contribution in [3.8, 4) is 0 Å². The molecule has 1 aliphatic heterocycles. The average molecular weight is 325 g/mol. The summed E-state index contributed by atoms with van der Waals surface area (Å²) < 4.78 is 11.7. The molecule has 0 amide bonds. The zero-order valence-electron chi connectivity index (χ0n) is 15.4. The Hall–Kier alpha value is -0.873. The Morgan fingerprint density at radius 2 is 2.00 bits per heavy atom. The second-order valence-electron chi connectivity index (χ2n) is 7.95. The van der Waals surface area contributed by atoms with Crippen LogP contribution in [0.3, 0.4) is 0 Å². The van der Waals surface area contributed by atoms with E-state index in [0.29, 0.717) is 5.57 Å². The van der Waals surface area contributed by atoms with Gasteiger partial charge in [0.05, 0.1) is 0 Å². The number of carbonyl (C=O) groups excluding carboxylic acids is 1. The van der Waals surface area contributed by atoms with Crippen LogP contribution in [0.5, 0.6) is 0 Å². The molecule has 1 rings (SSSR count). The van der Waals surface area contributed by atoms with Crippen molar-refractivity contribution in [3.63, 3.8) is 0 Å². The van der Waals surface area contributed by atoms with E-state index in [2.05, 4.69) is 53.8 Å². The molecule has 0 radical (unpaired) electrons. The Bertz CT molecular complexity index is 469. The second kappa shape index (κ2) is 7.13. The normalized spacial score (nSPS) is 24.1. The van der Waals surface area contributed by atoms with Crippen LogP contribution < -0.4 is 0 Å². The van der Waals surface area contributed by atoms with Gasteiger partial charge in [-0.05, 0) is 44.5 Å². The van der Waals surface area contributed by atoms with Crippen LogP contribution >= 0.6 is 0 Å². The molecular formula is C18H32O3Si. The molecule has 0 N–H and O–H groups in total. The zero-order valence-corrected chi connectivity index (χ0v) is 16.4. The Morgan fingerprint density at radius 1 is 1.41 bits per heavy atom. The van der Waals surface area contributed by atoms with Crippen LogP contribution in [-0.4, -0.2) is 27.0 Å². The number of carbonyl (C=O) groups is 1. The highest BCUT2D eigenvalue weighted by atomic mass is 28.4. The van der Waals surface area contributed by atoms with Gasteiger partial charge < -0.3 is 9.16 Å². The topological polar surface area (TPSA) is 35.5 Å². The van der Waals surface area contributed by atoms with Crippen molar-refractivity contribution in [1.29, 1.82) is 0 Å². The first-order valence-corrected chi connectivity index (χ1v) is 11.1. The van der Waals surface area contributed by atoms with Gasteiger partial charge in [-0.25, -0.2) is 4.79 Å². The lowest BCUT2D eigenvalue weighted by atomic mass is 9.96. The molecule has 3 nitrogen and oxygen atoms in total. The molecule has 0 aromatic carbocycles. The Labute approximate surface area is 136 Å². The Kier molecular flexibility index (Phi) is 6.22. The van der Waals surface area contributed by atoms with Gasteiger partial charge in [0.2, 0.25) is 0 Å². The minimum Gasteiger partial charge on any atom is -0.454 e. The molecular weight excluding hydrogens is 292 g/mol. The van der Waals surface area contributed by atoms with E-state index in [9.17, 15) is 4.79 Å². The molecule has 0 fully saturated rings. The van der Waals surface area contributed by atoms with E-state index in [1.165, 1.54) is 5.57 Å². The molecule has 0 aromatic rings. The minimum atomic E-state index is -1.68. The van der Waals surface area contributed by atoms with E-state index in [4.69, 9.17) is 9.16 Å². The molecule has 0 aromatic heterocycles. The maximum atomic E-state index is 11.6. The van der Waals surface area contributed by atoms with Gasteiger partial charge in [0.1, 0.15) is 6.10 Å². The second-order valence-corrected chi connectivity index (χ2v) is 12.8. The fraction of sp³-hybridized carbons (Fsp3) is 0.722. The minimum absolute atomic E-state index is 0.149. The van der Waals surface area contributed by atoms with Crippen molar-refractivity contribution >= 4 is 14.3 Å². The lowest BCUT2D eigenvalue weighted by Crippen LogP contribution is -2.41. The maximum Gasteiger partial charge on any atom is 0.334 e. The van der Waals surface area contributed by atoms with Crippen molar-refractivity contribution in [2.75, 3.05) is 6.61 Å². The molecule has 0 bridgehead atoms. The van der Waals surface area contributed by atoms with Crippen molar-refractivity contribution in [2.24, 2.45) is 5.92 Å². The summed E-state index contributed by atoms with van der Waals surface area (Å²) in [5.41, 5.74) is 1.92. The molecule has 1 heterocycles. The molecule has 2 atom stereocenters. The van der Waals surface area contributed by atoms with Crippen LogP contribution in [0.1, 0.15) is 48.0 Å². The Balaban J connectivity index is 2.56. The first-order chi connectivity index (χ1) is 9.94. The van der Waals surface area contributed by atoms with Crippen molar-refractivity contribution in [1.82, 2.24) is 0 Å². The lowest BCUT2D eigenvalue weighted by Gasteiger charge is -2.36. The summed E-state index contributed by atoms with van der Waals surface area (Å²) in [7, 11) is -1.68. The summed E-state index contributed by atoms with van der Waals surface area (Å²) in [4.78, 5) is 11.6. The summed E-state index contributed by atoms with van der Waals surface area (Å²) in [5.74, 6) is 0.0265. The summed E-state index contributed by atoms with van der Waals surface area (Å²) in [6.45, 7) is 18.0. The van der Waals surface area contributed by atoms with Crippen molar-refractivity contribution in [3.05, 3.63) is 23.3 Å². The number of rotatable bonds is 5. The van der Waals surface area contributed by atoms with Gasteiger partial charge in [0.25, 0.3) is 0 Å². The van der Waals surface area contributed by atoms with Gasteiger partial charge in [0, 0.05) is 18.1 Å². The van der Waals surface area contributed by atoms with Crippen LogP contribution in [0.15, 0.2) is 23.3 Å². The Morgan fingerprint density at radius 3 is 2.55 bits per heavy atom. The van der Waals surface area contributed by atoms with Crippen LogP contribution in [0.25, 0.3) is 0 Å². The first-order valence-electron chi connectivity index (χ1n) is 8.15. The largest absolute Gasteiger partial charge is 0.454 e. The van der Waals surface area contributed by atoms with Crippen LogP contribution in [0, 0.1) is 5.92 Å². The molecule has 0 spiro atoms. The summed E-state index contributed by atoms with van der Waals surface area (Å²) in [5, 5.41) is 0.236. The average Bonchev–Trinajstić information content (AvgIpc) is 2.34. The van der Waals surface area contributed by atoms with Crippen molar-refractivity contribution in [2.45, 2.75) is 72.2 Å². The molecule has 4 heteroatoms. The summed E-state index contributed by atoms with van der Waals surface area (Å²) in [6.07, 6.45) is 4.80. The van der Waals surface area contributed by atoms with E-state index in [1.54, 1.807) is 6.92 Å². The third-order valence-electron chi connectivity index (χ3n) is 4.81. The maximum absolute atomic E-state index is 11.6. The number of esters is 1. The third-order valence-corrected chi connectivity index (χ3v) is 9.35. The number of ether oxygens (including phenoxy) is 1. The molecule has 0 unspecified atom stereocenters. The van der Waals surface area contributed by atoms with Crippen LogP contribution in [-0.2, 0) is 14.0 Å². The lowest BCUT2D eigenvalue weighted by molar-refractivity contribution is -0.144. The first kappa shape index (κ1) is 19.2. The fourth-order valence-corrected chi connectivity index (χ4v) is 3.16. The van der Waals surface area contributed by atoms with E-state index >= 15 is 0 Å². The van der Waals surface area contributed by atoms with Gasteiger partial charge >= 0.3 is 5.97 Å².